The van der Waals surface area contributed by atoms with Gasteiger partial charge < -0.3 is 10.4 Å². The van der Waals surface area contributed by atoms with Crippen molar-refractivity contribution in [3.63, 3.8) is 0 Å². The third kappa shape index (κ3) is 4.32. The van der Waals surface area contributed by atoms with E-state index in [1.807, 2.05) is 6.92 Å². The second-order valence-electron chi connectivity index (χ2n) is 7.03. The van der Waals surface area contributed by atoms with Crippen LogP contribution in [-0.4, -0.2) is 35.8 Å². The molecule has 0 aliphatic carbocycles. The van der Waals surface area contributed by atoms with Crippen LogP contribution in [-0.2, 0) is 16.6 Å². The Hall–Kier alpha value is -2.49. The highest BCUT2D eigenvalue weighted by atomic mass is 32.2. The van der Waals surface area contributed by atoms with Crippen molar-refractivity contribution in [1.82, 2.24) is 4.31 Å². The van der Waals surface area contributed by atoms with E-state index in [0.29, 0.717) is 24.3 Å². The summed E-state index contributed by atoms with van der Waals surface area (Å²) in [6.45, 7) is 2.69. The summed E-state index contributed by atoms with van der Waals surface area (Å²) in [6.07, 6.45) is 1.76. The second kappa shape index (κ2) is 8.26. The van der Waals surface area contributed by atoms with Crippen molar-refractivity contribution in [2.45, 2.75) is 31.3 Å². The van der Waals surface area contributed by atoms with E-state index in [1.54, 1.807) is 24.3 Å². The van der Waals surface area contributed by atoms with E-state index in [-0.39, 0.29) is 28.8 Å². The fourth-order valence-corrected chi connectivity index (χ4v) is 4.96. The van der Waals surface area contributed by atoms with E-state index in [0.717, 1.165) is 18.9 Å². The van der Waals surface area contributed by atoms with Crippen LogP contribution in [0.25, 0.3) is 0 Å². The molecule has 1 fully saturated rings. The highest BCUT2D eigenvalue weighted by molar-refractivity contribution is 7.89. The molecule has 2 aromatic carbocycles. The van der Waals surface area contributed by atoms with Crippen molar-refractivity contribution < 1.29 is 18.4 Å². The number of nitro groups is 1. The van der Waals surface area contributed by atoms with Gasteiger partial charge in [0.2, 0.25) is 10.0 Å². The molecule has 0 saturated carbocycles. The maximum atomic E-state index is 12.9. The van der Waals surface area contributed by atoms with E-state index in [2.05, 4.69) is 5.32 Å². The zero-order valence-corrected chi connectivity index (χ0v) is 16.4. The van der Waals surface area contributed by atoms with Crippen LogP contribution in [0.1, 0.15) is 25.3 Å². The molecule has 1 saturated heterocycles. The Balaban J connectivity index is 1.93. The number of sulfonamides is 1. The average molecular weight is 405 g/mol. The molecular weight excluding hydrogens is 382 g/mol. The van der Waals surface area contributed by atoms with Crippen molar-refractivity contribution in [2.75, 3.05) is 18.4 Å². The number of piperidine rings is 1. The van der Waals surface area contributed by atoms with Crippen LogP contribution >= 0.6 is 0 Å². The van der Waals surface area contributed by atoms with Crippen LogP contribution in [0, 0.1) is 16.0 Å². The maximum Gasteiger partial charge on any atom is 0.294 e. The Morgan fingerprint density at radius 1 is 1.29 bits per heavy atom. The number of anilines is 2. The van der Waals surface area contributed by atoms with Gasteiger partial charge in [0.05, 0.1) is 16.4 Å². The Morgan fingerprint density at radius 2 is 2.07 bits per heavy atom. The minimum atomic E-state index is -3.78. The molecule has 0 aromatic heterocycles. The average Bonchev–Trinajstić information content (AvgIpc) is 2.68. The van der Waals surface area contributed by atoms with E-state index in [9.17, 15) is 23.6 Å². The molecule has 3 rings (SSSR count). The van der Waals surface area contributed by atoms with Gasteiger partial charge in [-0.2, -0.15) is 4.31 Å². The molecule has 150 valence electrons. The Labute approximate surface area is 164 Å². The predicted octanol–water partition coefficient (Wildman–Crippen LogP) is 3.25. The number of aliphatic hydroxyl groups excluding tert-OH is 1. The molecular formula is C19H23N3O5S. The predicted molar refractivity (Wildman–Crippen MR) is 106 cm³/mol. The molecule has 1 atom stereocenters. The van der Waals surface area contributed by atoms with Crippen LogP contribution < -0.4 is 5.32 Å². The fraction of sp³-hybridized carbons (Fsp3) is 0.368. The fourth-order valence-electron chi connectivity index (χ4n) is 3.35. The minimum absolute atomic E-state index is 0.0806. The van der Waals surface area contributed by atoms with Gasteiger partial charge in [-0.15, -0.1) is 0 Å². The summed E-state index contributed by atoms with van der Waals surface area (Å²) in [6, 6.07) is 10.7. The Morgan fingerprint density at radius 3 is 2.75 bits per heavy atom. The zero-order valence-electron chi connectivity index (χ0n) is 15.5. The second-order valence-corrected chi connectivity index (χ2v) is 8.97. The third-order valence-electron chi connectivity index (χ3n) is 4.81. The lowest BCUT2D eigenvalue weighted by Gasteiger charge is -2.30. The van der Waals surface area contributed by atoms with Crippen LogP contribution in [0.15, 0.2) is 47.4 Å². The number of rotatable bonds is 6. The molecule has 1 unspecified atom stereocenters. The molecule has 28 heavy (non-hydrogen) atoms. The van der Waals surface area contributed by atoms with Gasteiger partial charge in [-0.25, -0.2) is 8.42 Å². The number of nitrogens with one attached hydrogen (secondary N) is 1. The first-order chi connectivity index (χ1) is 13.3. The lowest BCUT2D eigenvalue weighted by Crippen LogP contribution is -2.39. The number of benzene rings is 2. The summed E-state index contributed by atoms with van der Waals surface area (Å²) in [5, 5.41) is 23.7. The highest BCUT2D eigenvalue weighted by Gasteiger charge is 2.30. The highest BCUT2D eigenvalue weighted by Crippen LogP contribution is 2.32. The molecule has 0 amide bonds. The summed E-state index contributed by atoms with van der Waals surface area (Å²) in [4.78, 5) is 10.9. The molecule has 2 aromatic rings. The lowest BCUT2D eigenvalue weighted by atomic mass is 10.0. The first kappa shape index (κ1) is 20.2. The Bertz CT molecular complexity index is 977. The SMILES string of the molecule is CC1CCCN(S(=O)(=O)c2ccc(Nc3cccc(CO)c3)c([N+](=O)[O-])c2)C1. The van der Waals surface area contributed by atoms with Gasteiger partial charge in [0.15, 0.2) is 0 Å². The van der Waals surface area contributed by atoms with Crippen LogP contribution in [0.2, 0.25) is 0 Å². The summed E-state index contributed by atoms with van der Waals surface area (Å²) in [5.74, 6) is 0.262. The van der Waals surface area contributed by atoms with Crippen molar-refractivity contribution >= 4 is 27.1 Å². The summed E-state index contributed by atoms with van der Waals surface area (Å²) in [5.41, 5.74) is 1.09. The molecule has 1 aliphatic heterocycles. The smallest absolute Gasteiger partial charge is 0.294 e. The number of nitrogens with zero attached hydrogens (tertiary/aromatic N) is 2. The van der Waals surface area contributed by atoms with Gasteiger partial charge in [0, 0.05) is 24.8 Å². The van der Waals surface area contributed by atoms with Gasteiger partial charge in [-0.3, -0.25) is 10.1 Å². The van der Waals surface area contributed by atoms with Gasteiger partial charge in [-0.1, -0.05) is 19.1 Å². The summed E-state index contributed by atoms with van der Waals surface area (Å²) < 4.78 is 27.2. The van der Waals surface area contributed by atoms with Gasteiger partial charge in [0.1, 0.15) is 5.69 Å². The van der Waals surface area contributed by atoms with Crippen LogP contribution in [0.4, 0.5) is 17.1 Å². The molecule has 1 aliphatic rings. The molecule has 2 N–H and O–H groups in total. The van der Waals surface area contributed by atoms with E-state index < -0.39 is 14.9 Å². The topological polar surface area (TPSA) is 113 Å². The molecule has 8 nitrogen and oxygen atoms in total. The third-order valence-corrected chi connectivity index (χ3v) is 6.67. The van der Waals surface area contributed by atoms with Gasteiger partial charge in [0.25, 0.3) is 5.69 Å². The molecule has 0 bridgehead atoms. The minimum Gasteiger partial charge on any atom is -0.392 e. The summed E-state index contributed by atoms with van der Waals surface area (Å²) >= 11 is 0. The summed E-state index contributed by atoms with van der Waals surface area (Å²) in [7, 11) is -3.78. The van der Waals surface area contributed by atoms with Crippen molar-refractivity contribution in [1.29, 1.82) is 0 Å². The molecule has 0 spiro atoms. The lowest BCUT2D eigenvalue weighted by molar-refractivity contribution is -0.384. The monoisotopic (exact) mass is 405 g/mol. The first-order valence-electron chi connectivity index (χ1n) is 9.06. The quantitative estimate of drug-likeness (QED) is 0.563. The van der Waals surface area contributed by atoms with Gasteiger partial charge in [-0.05, 0) is 48.6 Å². The number of hydrogen-bond donors (Lipinski definition) is 2. The van der Waals surface area contributed by atoms with Crippen LogP contribution in [0.3, 0.4) is 0 Å². The van der Waals surface area contributed by atoms with Crippen molar-refractivity contribution in [3.8, 4) is 0 Å². The normalized spacial score (nSPS) is 18.0. The van der Waals surface area contributed by atoms with Crippen molar-refractivity contribution in [2.24, 2.45) is 5.92 Å². The number of hydrogen-bond acceptors (Lipinski definition) is 6. The molecule has 0 radical (unpaired) electrons. The number of nitro benzene ring substituents is 1. The molecule has 9 heteroatoms. The zero-order chi connectivity index (χ0) is 20.3. The maximum absolute atomic E-state index is 12.9. The van der Waals surface area contributed by atoms with E-state index >= 15 is 0 Å². The first-order valence-corrected chi connectivity index (χ1v) is 10.5. The largest absolute Gasteiger partial charge is 0.392 e. The Kier molecular flexibility index (Phi) is 5.97. The van der Waals surface area contributed by atoms with Gasteiger partial charge >= 0.3 is 0 Å². The van der Waals surface area contributed by atoms with E-state index in [1.165, 1.54) is 16.4 Å². The number of aliphatic hydroxyl groups is 1. The van der Waals surface area contributed by atoms with Crippen LogP contribution in [0.5, 0.6) is 0 Å². The van der Waals surface area contributed by atoms with E-state index in [4.69, 9.17) is 0 Å². The molecule has 1 heterocycles. The standard InChI is InChI=1S/C19H23N3O5S/c1-14-4-3-9-21(12-14)28(26,27)17-7-8-18(19(11-17)22(24)25)20-16-6-2-5-15(10-16)13-23/h2,5-8,10-11,14,20,23H,3-4,9,12-13H2,1H3. The van der Waals surface area contributed by atoms with Crippen molar-refractivity contribution in [3.05, 3.63) is 58.1 Å².